The normalized spacial score (nSPS) is 15.2. The second kappa shape index (κ2) is 11.0. The fraction of sp³-hybridized carbons (Fsp3) is 0.375. The Morgan fingerprint density at radius 1 is 0.947 bits per heavy atom. The number of fused-ring (bicyclic) bond motifs is 2. The number of hydrogen-bond acceptors (Lipinski definition) is 7. The molecular formula is C24H28Cl2N3O7S2+. The van der Waals surface area contributed by atoms with Gasteiger partial charge in [0.2, 0.25) is 5.58 Å². The van der Waals surface area contributed by atoms with Crippen molar-refractivity contribution < 1.29 is 34.9 Å². The van der Waals surface area contributed by atoms with Gasteiger partial charge in [-0.05, 0) is 44.0 Å². The van der Waals surface area contributed by atoms with E-state index in [0.29, 0.717) is 39.6 Å². The van der Waals surface area contributed by atoms with Crippen LogP contribution in [0, 0.1) is 6.92 Å². The Bertz CT molecular complexity index is 1620. The van der Waals surface area contributed by atoms with Gasteiger partial charge in [0, 0.05) is 25.6 Å². The van der Waals surface area contributed by atoms with Crippen LogP contribution in [0.4, 0.5) is 11.4 Å². The lowest BCUT2D eigenvalue weighted by molar-refractivity contribution is -0.677. The van der Waals surface area contributed by atoms with Gasteiger partial charge in [-0.15, -0.1) is 0 Å². The highest BCUT2D eigenvalue weighted by molar-refractivity contribution is 7.86. The van der Waals surface area contributed by atoms with E-state index in [1.807, 2.05) is 46.4 Å². The lowest BCUT2D eigenvalue weighted by atomic mass is 10.2. The van der Waals surface area contributed by atoms with Gasteiger partial charge in [-0.25, -0.2) is 0 Å². The second-order valence-electron chi connectivity index (χ2n) is 9.00. The molecule has 1 aromatic heterocycles. The molecule has 14 heteroatoms. The van der Waals surface area contributed by atoms with E-state index >= 15 is 0 Å². The molecule has 2 aromatic carbocycles. The third-order valence-electron chi connectivity index (χ3n) is 6.17. The van der Waals surface area contributed by atoms with Crippen molar-refractivity contribution in [2.45, 2.75) is 33.2 Å². The Balaban J connectivity index is 1.83. The minimum Gasteiger partial charge on any atom is -0.398 e. The van der Waals surface area contributed by atoms with E-state index in [1.165, 1.54) is 0 Å². The van der Waals surface area contributed by atoms with E-state index in [4.69, 9.17) is 27.6 Å². The smallest absolute Gasteiger partial charge is 0.377 e. The predicted molar refractivity (Wildman–Crippen MR) is 148 cm³/mol. The average Bonchev–Trinajstić information content (AvgIpc) is 3.27. The van der Waals surface area contributed by atoms with Gasteiger partial charge in [0.15, 0.2) is 6.54 Å². The number of anilines is 2. The first-order valence-electron chi connectivity index (χ1n) is 11.9. The van der Waals surface area contributed by atoms with Crippen LogP contribution in [0.5, 0.6) is 0 Å². The summed E-state index contributed by atoms with van der Waals surface area (Å²) in [5.41, 5.74) is 3.82. The topological polar surface area (TPSA) is 132 Å². The molecule has 2 N–H and O–H groups in total. The molecule has 206 valence electrons. The van der Waals surface area contributed by atoms with Gasteiger partial charge in [-0.1, -0.05) is 29.3 Å². The number of nitrogens with zero attached hydrogens (tertiary/aromatic N) is 3. The molecule has 0 fully saturated rings. The molecule has 0 amide bonds. The molecule has 0 unspecified atom stereocenters. The first-order chi connectivity index (χ1) is 17.8. The summed E-state index contributed by atoms with van der Waals surface area (Å²) in [6.07, 6.45) is 2.09. The minimum absolute atomic E-state index is 0.140. The van der Waals surface area contributed by atoms with Crippen LogP contribution >= 0.6 is 23.2 Å². The van der Waals surface area contributed by atoms with Crippen molar-refractivity contribution in [3.05, 3.63) is 57.7 Å². The summed E-state index contributed by atoms with van der Waals surface area (Å²) in [5, 5.41) is 0.699. The zero-order valence-electron chi connectivity index (χ0n) is 20.8. The van der Waals surface area contributed by atoms with E-state index in [1.54, 1.807) is 18.2 Å². The molecule has 2 heterocycles. The van der Waals surface area contributed by atoms with Gasteiger partial charge in [-0.2, -0.15) is 21.4 Å². The molecular weight excluding hydrogens is 577 g/mol. The van der Waals surface area contributed by atoms with E-state index in [9.17, 15) is 25.9 Å². The second-order valence-corrected chi connectivity index (χ2v) is 13.0. The van der Waals surface area contributed by atoms with Crippen molar-refractivity contribution in [2.24, 2.45) is 0 Å². The first-order valence-corrected chi connectivity index (χ1v) is 15.8. The molecule has 1 aliphatic rings. The lowest BCUT2D eigenvalue weighted by Crippen LogP contribution is -2.37. The maximum atomic E-state index is 11.4. The van der Waals surface area contributed by atoms with Crippen LogP contribution in [0.3, 0.4) is 0 Å². The van der Waals surface area contributed by atoms with Crippen molar-refractivity contribution in [2.75, 3.05) is 34.4 Å². The summed E-state index contributed by atoms with van der Waals surface area (Å²) in [7, 11) is -8.29. The minimum atomic E-state index is -4.15. The Kier molecular flexibility index (Phi) is 8.31. The van der Waals surface area contributed by atoms with Gasteiger partial charge in [0.25, 0.3) is 25.8 Å². The molecule has 10 nitrogen and oxygen atoms in total. The van der Waals surface area contributed by atoms with Crippen LogP contribution in [-0.4, -0.2) is 50.5 Å². The summed E-state index contributed by atoms with van der Waals surface area (Å²) in [5.74, 6) is 0.272. The van der Waals surface area contributed by atoms with Crippen LogP contribution in [-0.2, 0) is 26.8 Å². The molecule has 0 atom stereocenters. The van der Waals surface area contributed by atoms with Crippen molar-refractivity contribution >= 4 is 72.0 Å². The fourth-order valence-corrected chi connectivity index (χ4v) is 5.85. The van der Waals surface area contributed by atoms with Crippen LogP contribution in [0.1, 0.15) is 31.2 Å². The third-order valence-corrected chi connectivity index (χ3v) is 8.51. The van der Waals surface area contributed by atoms with Crippen LogP contribution in [0.15, 0.2) is 40.6 Å². The zero-order valence-corrected chi connectivity index (χ0v) is 23.9. The average molecular weight is 606 g/mol. The molecule has 1 aliphatic heterocycles. The van der Waals surface area contributed by atoms with Crippen molar-refractivity contribution in [3.8, 4) is 0 Å². The van der Waals surface area contributed by atoms with Gasteiger partial charge in [-0.3, -0.25) is 9.11 Å². The van der Waals surface area contributed by atoms with E-state index in [-0.39, 0.29) is 25.9 Å². The highest BCUT2D eigenvalue weighted by Crippen LogP contribution is 2.46. The Morgan fingerprint density at radius 3 is 2.16 bits per heavy atom. The summed E-state index contributed by atoms with van der Waals surface area (Å²) < 4.78 is 71.9. The maximum absolute atomic E-state index is 11.4. The SMILES string of the molecule is CCN1C(=Cc2oc3ccc(C)cc3[n+]2CCCS(=O)(=O)O)N(CCCS(=O)(=O)O)c2cc(Cl)c(Cl)cc21. The largest absolute Gasteiger partial charge is 0.398 e. The maximum Gasteiger partial charge on any atom is 0.377 e. The molecule has 4 rings (SSSR count). The quantitative estimate of drug-likeness (QED) is 0.253. The number of halogens is 2. The Hall–Kier alpha value is -2.35. The fourth-order valence-electron chi connectivity index (χ4n) is 4.54. The molecule has 0 saturated carbocycles. The summed E-state index contributed by atoms with van der Waals surface area (Å²) >= 11 is 12.6. The molecule has 0 spiro atoms. The number of oxazole rings is 1. The zero-order chi connectivity index (χ0) is 27.8. The van der Waals surface area contributed by atoms with Crippen LogP contribution in [0.2, 0.25) is 10.0 Å². The van der Waals surface area contributed by atoms with E-state index in [2.05, 4.69) is 0 Å². The lowest BCUT2D eigenvalue weighted by Gasteiger charge is -2.23. The Morgan fingerprint density at radius 2 is 1.55 bits per heavy atom. The predicted octanol–water partition coefficient (Wildman–Crippen LogP) is 4.54. The molecule has 0 radical (unpaired) electrons. The molecule has 38 heavy (non-hydrogen) atoms. The monoisotopic (exact) mass is 604 g/mol. The highest BCUT2D eigenvalue weighted by atomic mass is 35.5. The number of aromatic nitrogens is 1. The molecule has 3 aromatic rings. The standard InChI is InChI=1S/C24H27Cl2N3O7S2/c1-3-27-19-13-17(25)18(26)14-20(19)28(8-4-10-37(30,31)32)23(27)15-24-29(9-5-11-38(33,34)35)21-12-16(2)6-7-22(21)36-24/h6-7,12-15H,3-5,8-11H2,1-2H3,(H-,30,31,32,33,34,35)/p+1. The van der Waals surface area contributed by atoms with Crippen molar-refractivity contribution in [1.82, 2.24) is 0 Å². The van der Waals surface area contributed by atoms with Crippen molar-refractivity contribution in [3.63, 3.8) is 0 Å². The van der Waals surface area contributed by atoms with Crippen LogP contribution < -0.4 is 14.4 Å². The van der Waals surface area contributed by atoms with E-state index < -0.39 is 31.7 Å². The number of aryl methyl sites for hydroxylation is 2. The van der Waals surface area contributed by atoms with Gasteiger partial charge >= 0.3 is 5.89 Å². The van der Waals surface area contributed by atoms with Gasteiger partial charge in [0.1, 0.15) is 5.82 Å². The number of benzene rings is 2. The van der Waals surface area contributed by atoms with Gasteiger partial charge < -0.3 is 14.2 Å². The third kappa shape index (κ3) is 6.44. The summed E-state index contributed by atoms with van der Waals surface area (Å²) in [6, 6.07) is 9.11. The molecule has 0 saturated heterocycles. The molecule has 0 bridgehead atoms. The van der Waals surface area contributed by atoms with E-state index in [0.717, 1.165) is 16.8 Å². The Labute approximate surface area is 231 Å². The number of rotatable bonds is 10. The first kappa shape index (κ1) is 28.7. The summed E-state index contributed by atoms with van der Waals surface area (Å²) in [6.45, 7) is 4.92. The molecule has 0 aliphatic carbocycles. The number of hydrogen-bond donors (Lipinski definition) is 2. The van der Waals surface area contributed by atoms with Crippen LogP contribution in [0.25, 0.3) is 17.2 Å². The van der Waals surface area contributed by atoms with Crippen molar-refractivity contribution in [1.29, 1.82) is 0 Å². The van der Waals surface area contributed by atoms with Gasteiger partial charge in [0.05, 0.1) is 39.0 Å². The summed E-state index contributed by atoms with van der Waals surface area (Å²) in [4.78, 5) is 3.86. The highest BCUT2D eigenvalue weighted by Gasteiger charge is 2.34.